The second kappa shape index (κ2) is 3.18. The number of carbonyl (C=O) groups excluding carboxylic acids is 1. The summed E-state index contributed by atoms with van der Waals surface area (Å²) < 4.78 is 0. The molecule has 3 nitrogen and oxygen atoms in total. The van der Waals surface area contributed by atoms with Gasteiger partial charge in [-0.3, -0.25) is 4.79 Å². The van der Waals surface area contributed by atoms with E-state index in [1.165, 1.54) is 0 Å². The van der Waals surface area contributed by atoms with Crippen molar-refractivity contribution < 1.29 is 4.79 Å². The number of hydrogen-bond donors (Lipinski definition) is 2. The van der Waals surface area contributed by atoms with Gasteiger partial charge in [-0.25, -0.2) is 0 Å². The quantitative estimate of drug-likeness (QED) is 0.698. The molecule has 1 amide bonds. The molecule has 0 aromatic heterocycles. The van der Waals surface area contributed by atoms with Gasteiger partial charge >= 0.3 is 0 Å². The topological polar surface area (TPSA) is 69.1 Å². The summed E-state index contributed by atoms with van der Waals surface area (Å²) in [5.41, 5.74) is 11.7. The molecule has 0 bridgehead atoms. The first-order chi connectivity index (χ1) is 5.96. The van der Waals surface area contributed by atoms with Gasteiger partial charge in [0.05, 0.1) is 0 Å². The van der Waals surface area contributed by atoms with Gasteiger partial charge in [0.15, 0.2) is 0 Å². The van der Waals surface area contributed by atoms with E-state index in [0.717, 1.165) is 11.1 Å². The molecule has 3 heteroatoms. The van der Waals surface area contributed by atoms with Crippen LogP contribution in [0, 0.1) is 6.92 Å². The summed E-state index contributed by atoms with van der Waals surface area (Å²) in [6.45, 7) is 3.53. The zero-order chi connectivity index (χ0) is 10.1. The number of primary amides is 1. The maximum atomic E-state index is 11.1. The zero-order valence-corrected chi connectivity index (χ0v) is 7.87. The molecule has 1 rings (SSSR count). The fourth-order valence-electron chi connectivity index (χ4n) is 1.29. The van der Waals surface area contributed by atoms with Crippen LogP contribution >= 0.6 is 0 Å². The maximum absolute atomic E-state index is 11.1. The van der Waals surface area contributed by atoms with Crippen molar-refractivity contribution >= 4 is 5.91 Å². The molecule has 0 saturated heterocycles. The van der Waals surface area contributed by atoms with Crippen LogP contribution in [0.25, 0.3) is 0 Å². The van der Waals surface area contributed by atoms with Crippen LogP contribution in [0.15, 0.2) is 24.3 Å². The third-order valence-corrected chi connectivity index (χ3v) is 2.22. The zero-order valence-electron chi connectivity index (χ0n) is 7.87. The Bertz CT molecular complexity index is 331. The van der Waals surface area contributed by atoms with Gasteiger partial charge in [-0.1, -0.05) is 24.3 Å². The molecule has 0 aliphatic carbocycles. The smallest absolute Gasteiger partial charge is 0.241 e. The highest BCUT2D eigenvalue weighted by molar-refractivity contribution is 5.85. The Morgan fingerprint density at radius 1 is 1.38 bits per heavy atom. The number of hydrogen-bond acceptors (Lipinski definition) is 2. The Morgan fingerprint density at radius 3 is 2.38 bits per heavy atom. The molecule has 0 saturated carbocycles. The molecule has 70 valence electrons. The number of carbonyl (C=O) groups is 1. The van der Waals surface area contributed by atoms with Crippen molar-refractivity contribution in [3.63, 3.8) is 0 Å². The molecular formula is C10H14N2O. The van der Waals surface area contributed by atoms with Gasteiger partial charge in [-0.2, -0.15) is 0 Å². The number of aryl methyl sites for hydroxylation is 1. The Hall–Kier alpha value is -1.35. The van der Waals surface area contributed by atoms with E-state index >= 15 is 0 Å². The van der Waals surface area contributed by atoms with Crippen LogP contribution in [0.2, 0.25) is 0 Å². The van der Waals surface area contributed by atoms with E-state index in [9.17, 15) is 4.79 Å². The van der Waals surface area contributed by atoms with Gasteiger partial charge in [-0.05, 0) is 25.0 Å². The molecule has 0 heterocycles. The van der Waals surface area contributed by atoms with Gasteiger partial charge < -0.3 is 11.5 Å². The van der Waals surface area contributed by atoms with Crippen LogP contribution in [0.5, 0.6) is 0 Å². The summed E-state index contributed by atoms with van der Waals surface area (Å²) >= 11 is 0. The maximum Gasteiger partial charge on any atom is 0.241 e. The summed E-state index contributed by atoms with van der Waals surface area (Å²) in [6.07, 6.45) is 0. The van der Waals surface area contributed by atoms with Crippen LogP contribution in [0.3, 0.4) is 0 Å². The Balaban J connectivity index is 3.22. The van der Waals surface area contributed by atoms with Crippen LogP contribution < -0.4 is 11.5 Å². The molecule has 13 heavy (non-hydrogen) atoms. The van der Waals surface area contributed by atoms with Gasteiger partial charge in [0.2, 0.25) is 5.91 Å². The van der Waals surface area contributed by atoms with E-state index in [1.54, 1.807) is 6.92 Å². The van der Waals surface area contributed by atoms with Crippen LogP contribution in [-0.2, 0) is 10.3 Å². The molecule has 0 aliphatic rings. The lowest BCUT2D eigenvalue weighted by molar-refractivity contribution is -0.122. The van der Waals surface area contributed by atoms with Crippen molar-refractivity contribution in [3.05, 3.63) is 35.4 Å². The molecule has 4 N–H and O–H groups in total. The first-order valence-electron chi connectivity index (χ1n) is 4.11. The Labute approximate surface area is 77.7 Å². The summed E-state index contributed by atoms with van der Waals surface area (Å²) in [4.78, 5) is 11.1. The van der Waals surface area contributed by atoms with E-state index in [4.69, 9.17) is 11.5 Å². The van der Waals surface area contributed by atoms with E-state index in [1.807, 2.05) is 31.2 Å². The van der Waals surface area contributed by atoms with Crippen molar-refractivity contribution in [2.75, 3.05) is 0 Å². The SMILES string of the molecule is Cc1ccccc1C(C)(N)C(N)=O. The van der Waals surface area contributed by atoms with E-state index in [0.29, 0.717) is 0 Å². The highest BCUT2D eigenvalue weighted by Gasteiger charge is 2.28. The number of amides is 1. The summed E-state index contributed by atoms with van der Waals surface area (Å²) in [5.74, 6) is -0.512. The molecule has 1 unspecified atom stereocenters. The van der Waals surface area contributed by atoms with Crippen molar-refractivity contribution in [2.24, 2.45) is 11.5 Å². The molecule has 0 fully saturated rings. The lowest BCUT2D eigenvalue weighted by atomic mass is 9.89. The predicted molar refractivity (Wildman–Crippen MR) is 51.9 cm³/mol. The van der Waals surface area contributed by atoms with Crippen LogP contribution in [-0.4, -0.2) is 5.91 Å². The monoisotopic (exact) mass is 178 g/mol. The molecule has 1 aromatic rings. The second-order valence-electron chi connectivity index (χ2n) is 3.38. The standard InChI is InChI=1S/C10H14N2O/c1-7-5-3-4-6-8(7)10(2,12)9(11)13/h3-6H,12H2,1-2H3,(H2,11,13). The lowest BCUT2D eigenvalue weighted by Gasteiger charge is -2.22. The molecule has 1 atom stereocenters. The van der Waals surface area contributed by atoms with Crippen molar-refractivity contribution in [3.8, 4) is 0 Å². The number of nitrogens with two attached hydrogens (primary N) is 2. The molecule has 1 aromatic carbocycles. The van der Waals surface area contributed by atoms with Crippen LogP contribution in [0.1, 0.15) is 18.1 Å². The van der Waals surface area contributed by atoms with E-state index < -0.39 is 11.4 Å². The predicted octanol–water partition coefficient (Wildman–Crippen LogP) is 0.654. The fraction of sp³-hybridized carbons (Fsp3) is 0.300. The molecular weight excluding hydrogens is 164 g/mol. The normalized spacial score (nSPS) is 15.0. The summed E-state index contributed by atoms with van der Waals surface area (Å²) in [6, 6.07) is 7.47. The molecule has 0 radical (unpaired) electrons. The minimum Gasteiger partial charge on any atom is -0.368 e. The first-order valence-corrected chi connectivity index (χ1v) is 4.11. The number of benzene rings is 1. The van der Waals surface area contributed by atoms with Crippen molar-refractivity contribution in [2.45, 2.75) is 19.4 Å². The van der Waals surface area contributed by atoms with Gasteiger partial charge in [0.25, 0.3) is 0 Å². The van der Waals surface area contributed by atoms with E-state index in [2.05, 4.69) is 0 Å². The fourth-order valence-corrected chi connectivity index (χ4v) is 1.29. The highest BCUT2D eigenvalue weighted by atomic mass is 16.1. The van der Waals surface area contributed by atoms with Gasteiger partial charge in [-0.15, -0.1) is 0 Å². The Morgan fingerprint density at radius 2 is 1.92 bits per heavy atom. The average molecular weight is 178 g/mol. The minimum atomic E-state index is -1.08. The molecule has 0 spiro atoms. The third kappa shape index (κ3) is 1.70. The average Bonchev–Trinajstić information content (AvgIpc) is 2.04. The van der Waals surface area contributed by atoms with Crippen LogP contribution in [0.4, 0.5) is 0 Å². The largest absolute Gasteiger partial charge is 0.368 e. The molecule has 0 aliphatic heterocycles. The lowest BCUT2D eigenvalue weighted by Crippen LogP contribution is -2.46. The van der Waals surface area contributed by atoms with Crippen molar-refractivity contribution in [1.82, 2.24) is 0 Å². The van der Waals surface area contributed by atoms with E-state index in [-0.39, 0.29) is 0 Å². The second-order valence-corrected chi connectivity index (χ2v) is 3.38. The summed E-state index contributed by atoms with van der Waals surface area (Å²) in [7, 11) is 0. The Kier molecular flexibility index (Phi) is 2.38. The first kappa shape index (κ1) is 9.74. The van der Waals surface area contributed by atoms with Crippen molar-refractivity contribution in [1.29, 1.82) is 0 Å². The van der Waals surface area contributed by atoms with Gasteiger partial charge in [0, 0.05) is 0 Å². The third-order valence-electron chi connectivity index (χ3n) is 2.22. The minimum absolute atomic E-state index is 0.512. The number of rotatable bonds is 2. The highest BCUT2D eigenvalue weighted by Crippen LogP contribution is 2.20. The summed E-state index contributed by atoms with van der Waals surface area (Å²) in [5, 5.41) is 0. The van der Waals surface area contributed by atoms with Gasteiger partial charge in [0.1, 0.15) is 5.54 Å².